The fourth-order valence-electron chi connectivity index (χ4n) is 3.14. The van der Waals surface area contributed by atoms with Crippen molar-refractivity contribution in [3.63, 3.8) is 0 Å². The van der Waals surface area contributed by atoms with E-state index < -0.39 is 5.41 Å². The average molecular weight is 382 g/mol. The van der Waals surface area contributed by atoms with Crippen LogP contribution in [0.1, 0.15) is 53.7 Å². The quantitative estimate of drug-likeness (QED) is 0.623. The van der Waals surface area contributed by atoms with E-state index in [1.807, 2.05) is 63.2 Å². The molecule has 0 aliphatic carbocycles. The van der Waals surface area contributed by atoms with E-state index in [1.54, 1.807) is 6.07 Å². The van der Waals surface area contributed by atoms with Crippen LogP contribution in [-0.4, -0.2) is 18.4 Å². The summed E-state index contributed by atoms with van der Waals surface area (Å²) in [6.45, 7) is 7.17. The Bertz CT molecular complexity index is 787. The van der Waals surface area contributed by atoms with Crippen molar-refractivity contribution in [3.05, 3.63) is 70.8 Å². The van der Waals surface area contributed by atoms with Crippen molar-refractivity contribution in [2.24, 2.45) is 11.1 Å². The number of nitrogens with two attached hydrogens (primary N) is 1. The lowest BCUT2D eigenvalue weighted by Crippen LogP contribution is -2.45. The van der Waals surface area contributed by atoms with Crippen LogP contribution in [0.25, 0.3) is 0 Å². The van der Waals surface area contributed by atoms with Crippen LogP contribution in [0.3, 0.4) is 0 Å². The summed E-state index contributed by atoms with van der Waals surface area (Å²) in [7, 11) is 0. The number of rotatable bonds is 9. The Balaban J connectivity index is 1.96. The summed E-state index contributed by atoms with van der Waals surface area (Å²) >= 11 is 0. The van der Waals surface area contributed by atoms with Gasteiger partial charge in [-0.05, 0) is 43.0 Å². The van der Waals surface area contributed by atoms with Crippen molar-refractivity contribution < 1.29 is 9.59 Å². The lowest BCUT2D eigenvalue weighted by Gasteiger charge is -2.28. The molecule has 0 saturated carbocycles. The average Bonchev–Trinajstić information content (AvgIpc) is 2.73. The third-order valence-electron chi connectivity index (χ3n) is 5.44. The van der Waals surface area contributed by atoms with Gasteiger partial charge in [-0.2, -0.15) is 0 Å². The van der Waals surface area contributed by atoms with Gasteiger partial charge in [0, 0.05) is 25.2 Å². The third kappa shape index (κ3) is 5.42. The molecule has 4 N–H and O–H groups in total. The highest BCUT2D eigenvalue weighted by Gasteiger charge is 2.32. The molecular weight excluding hydrogens is 350 g/mol. The van der Waals surface area contributed by atoms with E-state index in [9.17, 15) is 9.59 Å². The van der Waals surface area contributed by atoms with Gasteiger partial charge in [0.25, 0.3) is 5.91 Å². The number of hydrogen-bond acceptors (Lipinski definition) is 3. The molecule has 2 amide bonds. The zero-order valence-electron chi connectivity index (χ0n) is 17.0. The molecule has 0 aromatic heterocycles. The van der Waals surface area contributed by atoms with Crippen molar-refractivity contribution in [1.82, 2.24) is 10.6 Å². The van der Waals surface area contributed by atoms with Crippen molar-refractivity contribution in [2.45, 2.75) is 46.7 Å². The van der Waals surface area contributed by atoms with Gasteiger partial charge in [0.15, 0.2) is 0 Å². The second-order valence-corrected chi connectivity index (χ2v) is 7.24. The van der Waals surface area contributed by atoms with Gasteiger partial charge in [0.05, 0.1) is 5.41 Å². The van der Waals surface area contributed by atoms with Gasteiger partial charge in [0.2, 0.25) is 5.91 Å². The smallest absolute Gasteiger partial charge is 0.251 e. The maximum absolute atomic E-state index is 12.6. The molecule has 5 heteroatoms. The molecule has 0 aliphatic heterocycles. The first-order valence-corrected chi connectivity index (χ1v) is 9.85. The number of carbonyl (C=O) groups excluding carboxylic acids is 2. The van der Waals surface area contributed by atoms with E-state index >= 15 is 0 Å². The summed E-state index contributed by atoms with van der Waals surface area (Å²) in [6.07, 6.45) is 1.40. The topological polar surface area (TPSA) is 84.2 Å². The number of nitrogens with one attached hydrogen (secondary N) is 2. The van der Waals surface area contributed by atoms with Gasteiger partial charge in [0.1, 0.15) is 0 Å². The van der Waals surface area contributed by atoms with Gasteiger partial charge in [-0.1, -0.05) is 55.8 Å². The van der Waals surface area contributed by atoms with Gasteiger partial charge < -0.3 is 16.4 Å². The summed E-state index contributed by atoms with van der Waals surface area (Å²) < 4.78 is 0. The molecule has 2 rings (SSSR count). The molecular formula is C23H31N3O2. The van der Waals surface area contributed by atoms with E-state index in [1.165, 1.54) is 5.56 Å². The fraction of sp³-hybridized carbons (Fsp3) is 0.391. The first-order chi connectivity index (χ1) is 13.4. The minimum absolute atomic E-state index is 0.0331. The van der Waals surface area contributed by atoms with Crippen LogP contribution >= 0.6 is 0 Å². The van der Waals surface area contributed by atoms with E-state index in [4.69, 9.17) is 5.73 Å². The molecule has 150 valence electrons. The van der Waals surface area contributed by atoms with Crippen molar-refractivity contribution in [3.8, 4) is 0 Å². The van der Waals surface area contributed by atoms with Crippen molar-refractivity contribution >= 4 is 11.8 Å². The molecule has 0 fully saturated rings. The van der Waals surface area contributed by atoms with Crippen LogP contribution in [0.2, 0.25) is 0 Å². The summed E-state index contributed by atoms with van der Waals surface area (Å²) in [5.74, 6) is -0.165. The van der Waals surface area contributed by atoms with Gasteiger partial charge in [-0.15, -0.1) is 0 Å². The molecule has 0 bridgehead atoms. The number of carbonyl (C=O) groups is 2. The second kappa shape index (κ2) is 10.0. The zero-order valence-corrected chi connectivity index (χ0v) is 17.0. The van der Waals surface area contributed by atoms with Crippen molar-refractivity contribution in [1.29, 1.82) is 0 Å². The maximum Gasteiger partial charge on any atom is 0.251 e. The molecule has 0 aliphatic rings. The molecule has 0 spiro atoms. The molecule has 2 aromatic carbocycles. The van der Waals surface area contributed by atoms with Crippen LogP contribution < -0.4 is 16.4 Å². The van der Waals surface area contributed by atoms with Crippen LogP contribution in [0.15, 0.2) is 48.5 Å². The lowest BCUT2D eigenvalue weighted by atomic mass is 9.81. The summed E-state index contributed by atoms with van der Waals surface area (Å²) in [5.41, 5.74) is 9.02. The maximum atomic E-state index is 12.6. The molecule has 0 heterocycles. The highest BCUT2D eigenvalue weighted by atomic mass is 16.2. The Hall–Kier alpha value is -2.66. The van der Waals surface area contributed by atoms with Gasteiger partial charge in [-0.25, -0.2) is 0 Å². The number of hydrogen-bond donors (Lipinski definition) is 3. The number of aryl methyl sites for hydroxylation is 1. The minimum Gasteiger partial charge on any atom is -0.352 e. The van der Waals surface area contributed by atoms with E-state index in [0.29, 0.717) is 38.0 Å². The van der Waals surface area contributed by atoms with E-state index in [2.05, 4.69) is 10.6 Å². The first-order valence-electron chi connectivity index (χ1n) is 9.85. The number of benzene rings is 2. The predicted octanol–water partition coefficient (Wildman–Crippen LogP) is 3.31. The van der Waals surface area contributed by atoms with Crippen LogP contribution in [0.5, 0.6) is 0 Å². The van der Waals surface area contributed by atoms with Crippen LogP contribution in [0, 0.1) is 12.3 Å². The van der Waals surface area contributed by atoms with Crippen LogP contribution in [0.4, 0.5) is 0 Å². The summed E-state index contributed by atoms with van der Waals surface area (Å²) in [6, 6.07) is 15.4. The molecule has 5 nitrogen and oxygen atoms in total. The Morgan fingerprint density at radius 1 is 0.929 bits per heavy atom. The molecule has 2 aromatic rings. The fourth-order valence-corrected chi connectivity index (χ4v) is 3.14. The highest BCUT2D eigenvalue weighted by Crippen LogP contribution is 2.25. The molecule has 28 heavy (non-hydrogen) atoms. The second-order valence-electron chi connectivity index (χ2n) is 7.24. The number of amides is 2. The predicted molar refractivity (Wildman–Crippen MR) is 113 cm³/mol. The summed E-state index contributed by atoms with van der Waals surface area (Å²) in [5, 5.41) is 5.91. The third-order valence-corrected chi connectivity index (χ3v) is 5.44. The SMILES string of the molecule is CCC(CC)(CN)C(=O)NCc1cccc(C(=O)NCc2ccc(C)cc2)c1. The normalized spacial score (nSPS) is 11.1. The Morgan fingerprint density at radius 3 is 2.18 bits per heavy atom. The van der Waals surface area contributed by atoms with E-state index in [0.717, 1.165) is 11.1 Å². The zero-order chi connectivity index (χ0) is 20.6. The molecule has 0 saturated heterocycles. The minimum atomic E-state index is -0.525. The Labute approximate surface area is 167 Å². The standard InChI is InChI=1S/C23H31N3O2/c1-4-23(5-2,16-24)22(28)26-15-19-7-6-8-20(13-19)21(27)25-14-18-11-9-17(3)10-12-18/h6-13H,4-5,14-16,24H2,1-3H3,(H,25,27)(H,26,28). The largest absolute Gasteiger partial charge is 0.352 e. The molecule has 0 atom stereocenters. The monoisotopic (exact) mass is 381 g/mol. The lowest BCUT2D eigenvalue weighted by molar-refractivity contribution is -0.131. The van der Waals surface area contributed by atoms with Crippen LogP contribution in [-0.2, 0) is 17.9 Å². The molecule has 0 unspecified atom stereocenters. The first kappa shape index (κ1) is 21.6. The Kier molecular flexibility index (Phi) is 7.76. The van der Waals surface area contributed by atoms with Crippen molar-refractivity contribution in [2.75, 3.05) is 6.54 Å². The van der Waals surface area contributed by atoms with Gasteiger partial charge in [-0.3, -0.25) is 9.59 Å². The Morgan fingerprint density at radius 2 is 1.57 bits per heavy atom. The summed E-state index contributed by atoms with van der Waals surface area (Å²) in [4.78, 5) is 25.0. The highest BCUT2D eigenvalue weighted by molar-refractivity contribution is 5.94. The van der Waals surface area contributed by atoms with E-state index in [-0.39, 0.29) is 11.8 Å². The van der Waals surface area contributed by atoms with Gasteiger partial charge >= 0.3 is 0 Å². The molecule has 0 radical (unpaired) electrons.